The number of likely N-dealkylation sites (tertiary alicyclic amines) is 1. The van der Waals surface area contributed by atoms with Crippen LogP contribution in [0.1, 0.15) is 20.4 Å². The smallest absolute Gasteiger partial charge is 0.289 e. The molecule has 8 nitrogen and oxygen atoms in total. The highest BCUT2D eigenvalue weighted by Gasteiger charge is 2.38. The minimum absolute atomic E-state index is 0.00944. The predicted molar refractivity (Wildman–Crippen MR) is 111 cm³/mol. The van der Waals surface area contributed by atoms with Crippen LogP contribution in [0.2, 0.25) is 0 Å². The molecule has 2 aliphatic rings. The molecule has 5 rings (SSSR count). The van der Waals surface area contributed by atoms with Crippen LogP contribution in [-0.4, -0.2) is 81.8 Å². The number of amides is 2. The van der Waals surface area contributed by atoms with Crippen LogP contribution < -0.4 is 0 Å². The maximum atomic E-state index is 12.7. The third-order valence-electron chi connectivity index (χ3n) is 5.43. The molecule has 2 fully saturated rings. The van der Waals surface area contributed by atoms with Gasteiger partial charge in [-0.2, -0.15) is 0 Å². The number of halogens is 1. The number of hydrogen-bond acceptors (Lipinski definition) is 7. The van der Waals surface area contributed by atoms with Crippen molar-refractivity contribution in [3.63, 3.8) is 0 Å². The Bertz CT molecular complexity index is 1060. The Morgan fingerprint density at radius 3 is 2.59 bits per heavy atom. The molecule has 5 heterocycles. The maximum Gasteiger partial charge on any atom is 0.289 e. The molecule has 0 spiro atoms. The topological polar surface area (TPSA) is 82.8 Å². The zero-order valence-corrected chi connectivity index (χ0v) is 17.9. The quantitative estimate of drug-likeness (QED) is 0.577. The second-order valence-electron chi connectivity index (χ2n) is 7.19. The number of fused-ring (bicyclic) bond motifs is 1. The summed E-state index contributed by atoms with van der Waals surface area (Å²) < 4.78 is 6.46. The van der Waals surface area contributed by atoms with Crippen LogP contribution in [0.25, 0.3) is 11.1 Å². The van der Waals surface area contributed by atoms with Crippen molar-refractivity contribution >= 4 is 50.2 Å². The minimum atomic E-state index is -0.104. The maximum absolute atomic E-state index is 12.7. The minimum Gasteiger partial charge on any atom is -0.433 e. The van der Waals surface area contributed by atoms with Gasteiger partial charge in [0, 0.05) is 72.9 Å². The number of rotatable bonds is 3. The van der Waals surface area contributed by atoms with E-state index in [-0.39, 0.29) is 11.8 Å². The van der Waals surface area contributed by atoms with Crippen molar-refractivity contribution in [3.8, 4) is 0 Å². The molecule has 0 bridgehead atoms. The number of nitrogens with zero attached hydrogens (tertiary/aromatic N) is 5. The lowest BCUT2D eigenvalue weighted by Gasteiger charge is -2.47. The fourth-order valence-electron chi connectivity index (χ4n) is 3.77. The molecule has 2 aliphatic heterocycles. The number of furan rings is 1. The van der Waals surface area contributed by atoms with Crippen molar-refractivity contribution in [1.82, 2.24) is 24.7 Å². The van der Waals surface area contributed by atoms with Crippen molar-refractivity contribution in [2.24, 2.45) is 0 Å². The normalized spacial score (nSPS) is 18.2. The van der Waals surface area contributed by atoms with E-state index < -0.39 is 0 Å². The van der Waals surface area contributed by atoms with Gasteiger partial charge in [0.1, 0.15) is 0 Å². The fourth-order valence-corrected chi connectivity index (χ4v) is 4.72. The summed E-state index contributed by atoms with van der Waals surface area (Å²) in [6.07, 6.45) is 3.31. The first-order valence-corrected chi connectivity index (χ1v) is 11.0. The van der Waals surface area contributed by atoms with Crippen LogP contribution in [0.3, 0.4) is 0 Å². The average Bonchev–Trinajstić information content (AvgIpc) is 3.36. The van der Waals surface area contributed by atoms with Gasteiger partial charge in [-0.15, -0.1) is 11.3 Å². The molecule has 0 N–H and O–H groups in total. The summed E-state index contributed by atoms with van der Waals surface area (Å²) in [6, 6.07) is 3.95. The fraction of sp³-hybridized carbons (Fsp3) is 0.368. The first-order chi connectivity index (χ1) is 14.1. The van der Waals surface area contributed by atoms with Gasteiger partial charge in [0.2, 0.25) is 5.71 Å². The van der Waals surface area contributed by atoms with Crippen LogP contribution in [-0.2, 0) is 0 Å². The predicted octanol–water partition coefficient (Wildman–Crippen LogP) is 2.33. The van der Waals surface area contributed by atoms with Crippen LogP contribution in [0, 0.1) is 0 Å². The Morgan fingerprint density at radius 2 is 1.86 bits per heavy atom. The molecule has 2 saturated heterocycles. The Kier molecular flexibility index (Phi) is 4.84. The van der Waals surface area contributed by atoms with Crippen LogP contribution in [0.4, 0.5) is 0 Å². The molecular weight excluding hydrogens is 458 g/mol. The van der Waals surface area contributed by atoms with Crippen molar-refractivity contribution in [1.29, 1.82) is 0 Å². The molecule has 0 atom stereocenters. The SMILES string of the molecule is O=C(c1cc2cc(Br)cnc2o1)N1CC(N2CCN(C(=O)c3nccs3)CC2)C1. The Balaban J connectivity index is 1.15. The van der Waals surface area contributed by atoms with Gasteiger partial charge in [0.05, 0.1) is 0 Å². The van der Waals surface area contributed by atoms with E-state index in [2.05, 4.69) is 30.8 Å². The first-order valence-electron chi connectivity index (χ1n) is 9.35. The second kappa shape index (κ2) is 7.51. The van der Waals surface area contributed by atoms with Gasteiger partial charge in [-0.1, -0.05) is 0 Å². The van der Waals surface area contributed by atoms with Crippen molar-refractivity contribution in [2.75, 3.05) is 39.3 Å². The summed E-state index contributed by atoms with van der Waals surface area (Å²) in [5.41, 5.74) is 0.467. The number of hydrogen-bond donors (Lipinski definition) is 0. The summed E-state index contributed by atoms with van der Waals surface area (Å²) >= 11 is 4.75. The third-order valence-corrected chi connectivity index (χ3v) is 6.63. The van der Waals surface area contributed by atoms with Crippen LogP contribution >= 0.6 is 27.3 Å². The lowest BCUT2D eigenvalue weighted by atomic mass is 10.1. The molecule has 29 heavy (non-hydrogen) atoms. The Hall–Kier alpha value is -2.30. The van der Waals surface area contributed by atoms with Gasteiger partial charge >= 0.3 is 0 Å². The molecule has 0 aliphatic carbocycles. The van der Waals surface area contributed by atoms with Crippen molar-refractivity contribution < 1.29 is 14.0 Å². The molecule has 3 aromatic rings. The highest BCUT2D eigenvalue weighted by Crippen LogP contribution is 2.25. The van der Waals surface area contributed by atoms with E-state index in [9.17, 15) is 9.59 Å². The largest absolute Gasteiger partial charge is 0.433 e. The Morgan fingerprint density at radius 1 is 1.07 bits per heavy atom. The molecule has 0 saturated carbocycles. The standard InChI is InChI=1S/C19H18BrN5O3S/c20-13-7-12-8-15(28-16(12)22-9-13)18(26)25-10-14(11-25)23-2-4-24(5-3-23)19(27)17-21-1-6-29-17/h1,6-9,14H,2-5,10-11H2. The van der Waals surface area contributed by atoms with Gasteiger partial charge in [-0.3, -0.25) is 14.5 Å². The monoisotopic (exact) mass is 475 g/mol. The molecule has 3 aromatic heterocycles. The summed E-state index contributed by atoms with van der Waals surface area (Å²) in [4.78, 5) is 39.4. The summed E-state index contributed by atoms with van der Waals surface area (Å²) in [5.74, 6) is 0.228. The molecule has 0 aromatic carbocycles. The number of pyridine rings is 1. The number of aromatic nitrogens is 2. The zero-order chi connectivity index (χ0) is 20.0. The number of carbonyl (C=O) groups is 2. The summed E-state index contributed by atoms with van der Waals surface area (Å²) in [5, 5.41) is 3.17. The Labute approximate surface area is 179 Å². The highest BCUT2D eigenvalue weighted by molar-refractivity contribution is 9.10. The van der Waals surface area contributed by atoms with Crippen molar-refractivity contribution in [3.05, 3.63) is 45.1 Å². The van der Waals surface area contributed by atoms with Crippen LogP contribution in [0.5, 0.6) is 0 Å². The number of thiazole rings is 1. The lowest BCUT2D eigenvalue weighted by molar-refractivity contribution is 0.00707. The van der Waals surface area contributed by atoms with E-state index in [1.165, 1.54) is 11.3 Å². The molecule has 10 heteroatoms. The summed E-state index contributed by atoms with van der Waals surface area (Å²) in [6.45, 7) is 4.35. The van der Waals surface area contributed by atoms with E-state index >= 15 is 0 Å². The lowest BCUT2D eigenvalue weighted by Crippen LogP contribution is -2.64. The number of piperazine rings is 1. The van der Waals surface area contributed by atoms with E-state index in [4.69, 9.17) is 4.42 Å². The van der Waals surface area contributed by atoms with Crippen molar-refractivity contribution in [2.45, 2.75) is 6.04 Å². The van der Waals surface area contributed by atoms with Gasteiger partial charge < -0.3 is 14.2 Å². The van der Waals surface area contributed by atoms with E-state index in [1.54, 1.807) is 23.4 Å². The summed E-state index contributed by atoms with van der Waals surface area (Å²) in [7, 11) is 0. The van der Waals surface area contributed by atoms with Crippen LogP contribution in [0.15, 0.2) is 38.8 Å². The van der Waals surface area contributed by atoms with Gasteiger partial charge in [0.15, 0.2) is 10.8 Å². The van der Waals surface area contributed by atoms with Gasteiger partial charge in [0.25, 0.3) is 11.8 Å². The van der Waals surface area contributed by atoms with E-state index in [1.807, 2.05) is 16.3 Å². The first kappa shape index (κ1) is 18.7. The molecular formula is C19H18BrN5O3S. The average molecular weight is 476 g/mol. The molecule has 150 valence electrons. The molecule has 0 radical (unpaired) electrons. The van der Waals surface area contributed by atoms with Gasteiger partial charge in [-0.25, -0.2) is 9.97 Å². The molecule has 0 unspecified atom stereocenters. The second-order valence-corrected chi connectivity index (χ2v) is 9.00. The molecule has 2 amide bonds. The zero-order valence-electron chi connectivity index (χ0n) is 15.5. The third kappa shape index (κ3) is 3.56. The van der Waals surface area contributed by atoms with Gasteiger partial charge in [-0.05, 0) is 28.1 Å². The number of carbonyl (C=O) groups excluding carboxylic acids is 2. The van der Waals surface area contributed by atoms with E-state index in [0.29, 0.717) is 48.7 Å². The highest BCUT2D eigenvalue weighted by atomic mass is 79.9. The van der Waals surface area contributed by atoms with E-state index in [0.717, 1.165) is 22.9 Å².